The maximum atomic E-state index is 11.5. The van der Waals surface area contributed by atoms with Crippen LogP contribution in [0.4, 0.5) is 0 Å². The van der Waals surface area contributed by atoms with Crippen LogP contribution in [0.15, 0.2) is 0 Å². The number of carboxylic acids is 1. The summed E-state index contributed by atoms with van der Waals surface area (Å²) in [7, 11) is 0. The van der Waals surface area contributed by atoms with Gasteiger partial charge in [-0.05, 0) is 32.1 Å². The zero-order chi connectivity index (χ0) is 13.0. The summed E-state index contributed by atoms with van der Waals surface area (Å²) in [6.07, 6.45) is 4.45. The third kappa shape index (κ3) is 3.43. The first kappa shape index (κ1) is 13.8. The van der Waals surface area contributed by atoms with E-state index in [1.165, 1.54) is 0 Å². The van der Waals surface area contributed by atoms with Crippen molar-refractivity contribution >= 4 is 5.97 Å². The summed E-state index contributed by atoms with van der Waals surface area (Å²) in [5.74, 6) is -0.733. The fraction of sp³-hybridized carbons (Fsp3) is 0.923. The molecule has 0 aromatic heterocycles. The molecule has 1 saturated heterocycles. The van der Waals surface area contributed by atoms with Crippen LogP contribution < -0.4 is 5.32 Å². The van der Waals surface area contributed by atoms with E-state index in [0.717, 1.165) is 19.3 Å². The topological polar surface area (TPSA) is 67.8 Å². The number of nitrogens with one attached hydrogen (secondary N) is 1. The van der Waals surface area contributed by atoms with Crippen molar-refractivity contribution < 1.29 is 19.4 Å². The van der Waals surface area contributed by atoms with Crippen LogP contribution in [0.5, 0.6) is 0 Å². The Morgan fingerprint density at radius 2 is 2.22 bits per heavy atom. The van der Waals surface area contributed by atoms with E-state index in [1.54, 1.807) is 0 Å². The number of carbonyl (C=O) groups is 1. The summed E-state index contributed by atoms with van der Waals surface area (Å²) in [5, 5.41) is 12.7. The fourth-order valence-electron chi connectivity index (χ4n) is 2.22. The molecule has 0 aromatic rings. The maximum absolute atomic E-state index is 11.5. The lowest BCUT2D eigenvalue weighted by Gasteiger charge is -2.31. The summed E-state index contributed by atoms with van der Waals surface area (Å²) in [6.45, 7) is 3.91. The molecular formula is C13H23NO4. The molecule has 1 aliphatic heterocycles. The van der Waals surface area contributed by atoms with Crippen LogP contribution in [0.2, 0.25) is 0 Å². The van der Waals surface area contributed by atoms with Gasteiger partial charge in [0, 0.05) is 12.6 Å². The van der Waals surface area contributed by atoms with Crippen LogP contribution in [0.25, 0.3) is 0 Å². The van der Waals surface area contributed by atoms with Crippen LogP contribution >= 0.6 is 0 Å². The molecule has 0 radical (unpaired) electrons. The molecule has 0 bridgehead atoms. The third-order valence-electron chi connectivity index (χ3n) is 3.78. The van der Waals surface area contributed by atoms with Gasteiger partial charge in [-0.25, -0.2) is 0 Å². The number of hydrogen-bond acceptors (Lipinski definition) is 4. The maximum Gasteiger partial charge on any atom is 0.323 e. The van der Waals surface area contributed by atoms with Crippen LogP contribution in [0.1, 0.15) is 39.0 Å². The molecule has 18 heavy (non-hydrogen) atoms. The Labute approximate surface area is 108 Å². The smallest absolute Gasteiger partial charge is 0.323 e. The fourth-order valence-corrected chi connectivity index (χ4v) is 2.22. The van der Waals surface area contributed by atoms with Gasteiger partial charge in [-0.1, -0.05) is 6.92 Å². The van der Waals surface area contributed by atoms with E-state index < -0.39 is 11.5 Å². The highest BCUT2D eigenvalue weighted by atomic mass is 16.6. The van der Waals surface area contributed by atoms with Gasteiger partial charge in [-0.2, -0.15) is 0 Å². The van der Waals surface area contributed by atoms with Crippen LogP contribution in [0, 0.1) is 0 Å². The van der Waals surface area contributed by atoms with E-state index in [0.29, 0.717) is 38.7 Å². The Morgan fingerprint density at radius 3 is 2.67 bits per heavy atom. The van der Waals surface area contributed by atoms with Crippen molar-refractivity contribution in [3.63, 3.8) is 0 Å². The lowest BCUT2D eigenvalue weighted by Crippen LogP contribution is -2.52. The lowest BCUT2D eigenvalue weighted by molar-refractivity contribution is -0.146. The van der Waals surface area contributed by atoms with E-state index in [1.807, 2.05) is 6.92 Å². The minimum Gasteiger partial charge on any atom is -0.480 e. The molecule has 5 nitrogen and oxygen atoms in total. The van der Waals surface area contributed by atoms with Gasteiger partial charge in [0.1, 0.15) is 11.6 Å². The quantitative estimate of drug-likeness (QED) is 0.607. The summed E-state index contributed by atoms with van der Waals surface area (Å²) in [6, 6.07) is 0.405. The zero-order valence-electron chi connectivity index (χ0n) is 11.0. The number of aliphatic carboxylic acids is 1. The Morgan fingerprint density at radius 1 is 1.50 bits per heavy atom. The van der Waals surface area contributed by atoms with Gasteiger partial charge in [0.15, 0.2) is 0 Å². The van der Waals surface area contributed by atoms with Gasteiger partial charge in [-0.3, -0.25) is 10.1 Å². The molecule has 1 heterocycles. The van der Waals surface area contributed by atoms with Gasteiger partial charge in [0.25, 0.3) is 0 Å². The highest BCUT2D eigenvalue weighted by Crippen LogP contribution is 2.27. The molecule has 0 amide bonds. The van der Waals surface area contributed by atoms with E-state index in [2.05, 4.69) is 5.32 Å². The van der Waals surface area contributed by atoms with E-state index in [4.69, 9.17) is 9.47 Å². The molecule has 0 aromatic carbocycles. The number of rotatable bonds is 9. The first-order chi connectivity index (χ1) is 8.66. The highest BCUT2D eigenvalue weighted by Gasteiger charge is 2.40. The SMILES string of the molecule is CCC(CCCOC1COC1)(NC1CC1)C(=O)O. The second-order valence-electron chi connectivity index (χ2n) is 5.29. The molecule has 1 aliphatic carbocycles. The van der Waals surface area contributed by atoms with Crippen molar-refractivity contribution in [3.05, 3.63) is 0 Å². The molecule has 0 spiro atoms. The molecule has 2 aliphatic rings. The normalized spacial score (nSPS) is 23.4. The summed E-state index contributed by atoms with van der Waals surface area (Å²) in [5.41, 5.74) is -0.763. The van der Waals surface area contributed by atoms with E-state index in [9.17, 15) is 9.90 Å². The molecule has 2 fully saturated rings. The highest BCUT2D eigenvalue weighted by molar-refractivity contribution is 5.78. The van der Waals surface area contributed by atoms with Gasteiger partial charge < -0.3 is 14.6 Å². The van der Waals surface area contributed by atoms with Crippen molar-refractivity contribution in [2.24, 2.45) is 0 Å². The van der Waals surface area contributed by atoms with Crippen molar-refractivity contribution in [1.82, 2.24) is 5.32 Å². The lowest BCUT2D eigenvalue weighted by atomic mass is 9.90. The van der Waals surface area contributed by atoms with Gasteiger partial charge in [-0.15, -0.1) is 0 Å². The third-order valence-corrected chi connectivity index (χ3v) is 3.78. The predicted molar refractivity (Wildman–Crippen MR) is 66.6 cm³/mol. The van der Waals surface area contributed by atoms with E-state index >= 15 is 0 Å². The molecule has 5 heteroatoms. The zero-order valence-corrected chi connectivity index (χ0v) is 11.0. The standard InChI is InChI=1S/C13H23NO4/c1-2-13(12(15)16,14-10-4-5-10)6-3-7-18-11-8-17-9-11/h10-11,14H,2-9H2,1H3,(H,15,16). The number of carboxylic acid groups (broad SMARTS) is 1. The predicted octanol–water partition coefficient (Wildman–Crippen LogP) is 1.17. The molecule has 104 valence electrons. The number of hydrogen-bond donors (Lipinski definition) is 2. The van der Waals surface area contributed by atoms with Gasteiger partial charge >= 0.3 is 5.97 Å². The van der Waals surface area contributed by atoms with Crippen molar-refractivity contribution in [3.8, 4) is 0 Å². The molecule has 1 saturated carbocycles. The molecule has 1 unspecified atom stereocenters. The molecular weight excluding hydrogens is 234 g/mol. The summed E-state index contributed by atoms with van der Waals surface area (Å²) >= 11 is 0. The monoisotopic (exact) mass is 257 g/mol. The van der Waals surface area contributed by atoms with Crippen molar-refractivity contribution in [2.45, 2.75) is 56.7 Å². The number of ether oxygens (including phenoxy) is 2. The van der Waals surface area contributed by atoms with Crippen LogP contribution in [-0.2, 0) is 14.3 Å². The Kier molecular flexibility index (Phi) is 4.59. The first-order valence-electron chi connectivity index (χ1n) is 6.87. The largest absolute Gasteiger partial charge is 0.480 e. The van der Waals surface area contributed by atoms with Crippen LogP contribution in [-0.4, -0.2) is 48.6 Å². The second-order valence-corrected chi connectivity index (χ2v) is 5.29. The van der Waals surface area contributed by atoms with E-state index in [-0.39, 0.29) is 6.10 Å². The van der Waals surface area contributed by atoms with Crippen molar-refractivity contribution in [2.75, 3.05) is 19.8 Å². The molecule has 2 N–H and O–H groups in total. The average molecular weight is 257 g/mol. The Hall–Kier alpha value is -0.650. The average Bonchev–Trinajstić information content (AvgIpc) is 3.08. The molecule has 2 rings (SSSR count). The van der Waals surface area contributed by atoms with Crippen LogP contribution in [0.3, 0.4) is 0 Å². The second kappa shape index (κ2) is 5.99. The van der Waals surface area contributed by atoms with Crippen molar-refractivity contribution in [1.29, 1.82) is 0 Å². The molecule has 1 atom stereocenters. The minimum absolute atomic E-state index is 0.224. The minimum atomic E-state index is -0.763. The Balaban J connectivity index is 1.73. The first-order valence-corrected chi connectivity index (χ1v) is 6.87. The van der Waals surface area contributed by atoms with Gasteiger partial charge in [0.05, 0.1) is 13.2 Å². The Bertz CT molecular complexity index is 289. The summed E-state index contributed by atoms with van der Waals surface area (Å²) < 4.78 is 10.6. The summed E-state index contributed by atoms with van der Waals surface area (Å²) in [4.78, 5) is 11.5. The van der Waals surface area contributed by atoms with Gasteiger partial charge in [0.2, 0.25) is 0 Å².